The van der Waals surface area contributed by atoms with Gasteiger partial charge < -0.3 is 4.98 Å². The number of hydrogen-bond donors (Lipinski definition) is 1. The van der Waals surface area contributed by atoms with Gasteiger partial charge in [-0.25, -0.2) is 13.4 Å². The van der Waals surface area contributed by atoms with Crippen LogP contribution in [-0.2, 0) is 10.0 Å². The smallest absolute Gasteiger partial charge is 0.260 e. The second-order valence-corrected chi connectivity index (χ2v) is 7.14. The highest BCUT2D eigenvalue weighted by molar-refractivity contribution is 7.89. The van der Waals surface area contributed by atoms with Crippen LogP contribution in [-0.4, -0.2) is 35.3 Å². The highest BCUT2D eigenvalue weighted by Gasteiger charge is 2.40. The van der Waals surface area contributed by atoms with Crippen molar-refractivity contribution in [3.05, 3.63) is 12.5 Å². The Hall–Kier alpha value is -0.880. The van der Waals surface area contributed by atoms with Crippen LogP contribution in [0.15, 0.2) is 17.6 Å². The quantitative estimate of drug-likeness (QED) is 0.909. The van der Waals surface area contributed by atoms with E-state index >= 15 is 0 Å². The second kappa shape index (κ2) is 4.66. The number of rotatable bonds is 3. The molecule has 100 valence electrons. The molecule has 1 aliphatic heterocycles. The van der Waals surface area contributed by atoms with Gasteiger partial charge in [0.1, 0.15) is 0 Å². The zero-order valence-electron chi connectivity index (χ0n) is 10.4. The van der Waals surface area contributed by atoms with E-state index in [1.807, 2.05) is 0 Å². The summed E-state index contributed by atoms with van der Waals surface area (Å²) in [4.78, 5) is 6.55. The molecule has 1 aromatic rings. The Morgan fingerprint density at radius 3 is 2.67 bits per heavy atom. The normalized spacial score (nSPS) is 27.0. The summed E-state index contributed by atoms with van der Waals surface area (Å²) in [5, 5.41) is 0.229. The minimum atomic E-state index is -3.37. The highest BCUT2D eigenvalue weighted by atomic mass is 32.2. The molecule has 1 aliphatic carbocycles. The van der Waals surface area contributed by atoms with E-state index < -0.39 is 10.0 Å². The molecule has 2 heterocycles. The molecule has 0 spiro atoms. The Bertz CT molecular complexity index is 491. The number of aromatic amines is 1. The van der Waals surface area contributed by atoms with Crippen molar-refractivity contribution in [2.45, 2.75) is 49.6 Å². The van der Waals surface area contributed by atoms with E-state index in [0.29, 0.717) is 12.5 Å². The maximum absolute atomic E-state index is 12.5. The third-order valence-electron chi connectivity index (χ3n) is 4.25. The van der Waals surface area contributed by atoms with Crippen LogP contribution in [0.25, 0.3) is 0 Å². The summed E-state index contributed by atoms with van der Waals surface area (Å²) in [5.41, 5.74) is 0. The van der Waals surface area contributed by atoms with Crippen molar-refractivity contribution in [1.82, 2.24) is 14.3 Å². The summed E-state index contributed by atoms with van der Waals surface area (Å²) in [6.07, 6.45) is 9.68. The molecule has 6 heteroatoms. The number of nitrogens with one attached hydrogen (secondary N) is 1. The van der Waals surface area contributed by atoms with Gasteiger partial charge in [0.2, 0.25) is 0 Å². The summed E-state index contributed by atoms with van der Waals surface area (Å²) in [6.45, 7) is 0.655. The van der Waals surface area contributed by atoms with Gasteiger partial charge in [0.25, 0.3) is 10.0 Å². The lowest BCUT2D eigenvalue weighted by Gasteiger charge is -2.27. The van der Waals surface area contributed by atoms with Crippen molar-refractivity contribution in [1.29, 1.82) is 0 Å². The largest absolute Gasteiger partial charge is 0.335 e. The van der Waals surface area contributed by atoms with Crippen molar-refractivity contribution < 1.29 is 8.42 Å². The molecule has 18 heavy (non-hydrogen) atoms. The maximum atomic E-state index is 12.5. The van der Waals surface area contributed by atoms with E-state index in [1.165, 1.54) is 38.2 Å². The molecule has 1 saturated heterocycles. The molecule has 0 radical (unpaired) electrons. The van der Waals surface area contributed by atoms with Crippen LogP contribution in [0.3, 0.4) is 0 Å². The van der Waals surface area contributed by atoms with Crippen LogP contribution in [0.1, 0.15) is 38.5 Å². The summed E-state index contributed by atoms with van der Waals surface area (Å²) in [7, 11) is -3.37. The molecule has 0 bridgehead atoms. The van der Waals surface area contributed by atoms with Crippen LogP contribution in [0.2, 0.25) is 0 Å². The fourth-order valence-corrected chi connectivity index (χ4v) is 5.04. The predicted octanol–water partition coefficient (Wildman–Crippen LogP) is 1.75. The average molecular weight is 269 g/mol. The highest BCUT2D eigenvalue weighted by Crippen LogP contribution is 2.37. The van der Waals surface area contributed by atoms with Crippen molar-refractivity contribution in [2.24, 2.45) is 5.92 Å². The van der Waals surface area contributed by atoms with Gasteiger partial charge in [0.15, 0.2) is 5.03 Å². The molecule has 5 nitrogen and oxygen atoms in total. The van der Waals surface area contributed by atoms with Gasteiger partial charge in [-0.1, -0.05) is 12.8 Å². The molecular weight excluding hydrogens is 250 g/mol. The molecular formula is C12H19N3O2S. The SMILES string of the molecule is O=S(=O)(c1cnc[nH]1)N1CCCC1C1CCCC1. The van der Waals surface area contributed by atoms with Crippen molar-refractivity contribution in [2.75, 3.05) is 6.54 Å². The van der Waals surface area contributed by atoms with Crippen molar-refractivity contribution in [3.8, 4) is 0 Å². The molecule has 3 rings (SSSR count). The molecule has 0 aromatic carbocycles. The van der Waals surface area contributed by atoms with E-state index in [-0.39, 0.29) is 11.1 Å². The molecule has 1 saturated carbocycles. The van der Waals surface area contributed by atoms with Crippen LogP contribution in [0, 0.1) is 5.92 Å². The fraction of sp³-hybridized carbons (Fsp3) is 0.750. The number of H-pyrrole nitrogens is 1. The van der Waals surface area contributed by atoms with Gasteiger partial charge in [-0.05, 0) is 31.6 Å². The summed E-state index contributed by atoms with van der Waals surface area (Å²) in [5.74, 6) is 0.560. The summed E-state index contributed by atoms with van der Waals surface area (Å²) >= 11 is 0. The van der Waals surface area contributed by atoms with Gasteiger partial charge in [0.05, 0.1) is 12.5 Å². The van der Waals surface area contributed by atoms with E-state index in [2.05, 4.69) is 9.97 Å². The minimum absolute atomic E-state index is 0.209. The summed E-state index contributed by atoms with van der Waals surface area (Å²) < 4.78 is 26.7. The van der Waals surface area contributed by atoms with E-state index in [0.717, 1.165) is 12.8 Å². The lowest BCUT2D eigenvalue weighted by molar-refractivity contribution is 0.287. The first-order valence-electron chi connectivity index (χ1n) is 6.70. The standard InChI is InChI=1S/C12H19N3O2S/c16-18(17,12-8-13-9-14-12)15-7-3-6-11(15)10-4-1-2-5-10/h8-11H,1-7H2,(H,13,14). The Morgan fingerprint density at radius 1 is 1.22 bits per heavy atom. The van der Waals surface area contributed by atoms with Gasteiger partial charge >= 0.3 is 0 Å². The Kier molecular flexibility index (Phi) is 3.15. The third kappa shape index (κ3) is 1.97. The Balaban J connectivity index is 1.86. The minimum Gasteiger partial charge on any atom is -0.335 e. The van der Waals surface area contributed by atoms with Gasteiger partial charge in [-0.15, -0.1) is 0 Å². The van der Waals surface area contributed by atoms with Crippen molar-refractivity contribution >= 4 is 10.0 Å². The summed E-state index contributed by atoms with van der Waals surface area (Å²) in [6, 6.07) is 0.209. The van der Waals surface area contributed by atoms with Crippen LogP contribution < -0.4 is 0 Å². The third-order valence-corrected chi connectivity index (χ3v) is 6.10. The van der Waals surface area contributed by atoms with Crippen LogP contribution in [0.4, 0.5) is 0 Å². The van der Waals surface area contributed by atoms with Crippen LogP contribution in [0.5, 0.6) is 0 Å². The van der Waals surface area contributed by atoms with Crippen LogP contribution >= 0.6 is 0 Å². The number of hydrogen-bond acceptors (Lipinski definition) is 3. The lowest BCUT2D eigenvalue weighted by atomic mass is 9.97. The Labute approximate surface area is 108 Å². The number of imidazole rings is 1. The fourth-order valence-electron chi connectivity index (χ4n) is 3.39. The molecule has 1 N–H and O–H groups in total. The van der Waals surface area contributed by atoms with E-state index in [1.54, 1.807) is 4.31 Å². The molecule has 1 atom stereocenters. The van der Waals surface area contributed by atoms with Gasteiger partial charge in [-0.2, -0.15) is 4.31 Å². The molecule has 2 fully saturated rings. The monoisotopic (exact) mass is 269 g/mol. The topological polar surface area (TPSA) is 66.1 Å². The number of nitrogens with zero attached hydrogens (tertiary/aromatic N) is 2. The molecule has 1 aromatic heterocycles. The zero-order valence-corrected chi connectivity index (χ0v) is 11.2. The predicted molar refractivity (Wildman–Crippen MR) is 67.5 cm³/mol. The van der Waals surface area contributed by atoms with Crippen molar-refractivity contribution in [3.63, 3.8) is 0 Å². The Morgan fingerprint density at radius 2 is 2.00 bits per heavy atom. The molecule has 1 unspecified atom stereocenters. The first-order valence-corrected chi connectivity index (χ1v) is 8.14. The zero-order chi connectivity index (χ0) is 12.6. The average Bonchev–Trinajstić information content (AvgIpc) is 3.11. The number of aromatic nitrogens is 2. The molecule has 2 aliphatic rings. The van der Waals surface area contributed by atoms with E-state index in [9.17, 15) is 8.42 Å². The van der Waals surface area contributed by atoms with Gasteiger partial charge in [0, 0.05) is 12.6 Å². The van der Waals surface area contributed by atoms with Gasteiger partial charge in [-0.3, -0.25) is 0 Å². The molecule has 0 amide bonds. The maximum Gasteiger partial charge on any atom is 0.260 e. The second-order valence-electron chi connectivity index (χ2n) is 5.29. The first kappa shape index (κ1) is 12.2. The lowest BCUT2D eigenvalue weighted by Crippen LogP contribution is -2.39. The first-order chi connectivity index (χ1) is 8.69. The van der Waals surface area contributed by atoms with E-state index in [4.69, 9.17) is 0 Å². The number of sulfonamides is 1.